The topological polar surface area (TPSA) is 55.1 Å². The van der Waals surface area contributed by atoms with Gasteiger partial charge in [0.2, 0.25) is 0 Å². The summed E-state index contributed by atoms with van der Waals surface area (Å²) in [4.78, 5) is 12.0. The first-order valence-corrected chi connectivity index (χ1v) is 6.13. The fraction of sp³-hybridized carbons (Fsp3) is 0.500. The molecule has 0 aliphatic heterocycles. The second-order valence-electron chi connectivity index (χ2n) is 5.66. The average Bonchev–Trinajstić information content (AvgIpc) is 2.58. The summed E-state index contributed by atoms with van der Waals surface area (Å²) in [5, 5.41) is 3.07. The SMILES string of the molecule is CC1(C)CCC(NC(=O)c2ccccc2N)C1. The quantitative estimate of drug-likeness (QED) is 0.770. The Morgan fingerprint density at radius 3 is 2.71 bits per heavy atom. The number of nitrogen functional groups attached to an aromatic ring is 1. The van der Waals surface area contributed by atoms with E-state index in [4.69, 9.17) is 5.73 Å². The Labute approximate surface area is 102 Å². The van der Waals surface area contributed by atoms with Crippen molar-refractivity contribution in [2.45, 2.75) is 39.2 Å². The minimum Gasteiger partial charge on any atom is -0.398 e. The van der Waals surface area contributed by atoms with Gasteiger partial charge in [0.1, 0.15) is 0 Å². The summed E-state index contributed by atoms with van der Waals surface area (Å²) in [6.07, 6.45) is 3.28. The van der Waals surface area contributed by atoms with Crippen LogP contribution in [-0.4, -0.2) is 11.9 Å². The third kappa shape index (κ3) is 2.78. The van der Waals surface area contributed by atoms with Gasteiger partial charge in [0.15, 0.2) is 0 Å². The monoisotopic (exact) mass is 232 g/mol. The minimum atomic E-state index is -0.0502. The molecule has 1 aliphatic carbocycles. The van der Waals surface area contributed by atoms with Gasteiger partial charge in [-0.1, -0.05) is 26.0 Å². The largest absolute Gasteiger partial charge is 0.398 e. The molecule has 17 heavy (non-hydrogen) atoms. The van der Waals surface area contributed by atoms with E-state index in [0.29, 0.717) is 16.7 Å². The van der Waals surface area contributed by atoms with Crippen molar-refractivity contribution in [3.05, 3.63) is 29.8 Å². The second kappa shape index (κ2) is 4.40. The zero-order valence-electron chi connectivity index (χ0n) is 10.5. The van der Waals surface area contributed by atoms with E-state index in [0.717, 1.165) is 12.8 Å². The van der Waals surface area contributed by atoms with E-state index in [-0.39, 0.29) is 11.9 Å². The lowest BCUT2D eigenvalue weighted by atomic mass is 9.92. The van der Waals surface area contributed by atoms with Crippen LogP contribution >= 0.6 is 0 Å². The number of nitrogens with one attached hydrogen (secondary N) is 1. The molecule has 1 aromatic carbocycles. The summed E-state index contributed by atoms with van der Waals surface area (Å²) in [7, 11) is 0. The number of para-hydroxylation sites is 1. The van der Waals surface area contributed by atoms with Crippen LogP contribution in [0, 0.1) is 5.41 Å². The van der Waals surface area contributed by atoms with Gasteiger partial charge in [-0.15, -0.1) is 0 Å². The number of carbonyl (C=O) groups is 1. The van der Waals surface area contributed by atoms with Crippen molar-refractivity contribution < 1.29 is 4.79 Å². The van der Waals surface area contributed by atoms with Crippen LogP contribution in [0.5, 0.6) is 0 Å². The molecule has 3 N–H and O–H groups in total. The van der Waals surface area contributed by atoms with Gasteiger partial charge in [-0.3, -0.25) is 4.79 Å². The lowest BCUT2D eigenvalue weighted by molar-refractivity contribution is 0.0937. The summed E-state index contributed by atoms with van der Waals surface area (Å²) in [5.41, 5.74) is 7.26. The predicted octanol–water partition coefficient (Wildman–Crippen LogP) is 2.58. The molecule has 2 rings (SSSR count). The Bertz CT molecular complexity index is 426. The van der Waals surface area contributed by atoms with E-state index >= 15 is 0 Å². The maximum Gasteiger partial charge on any atom is 0.253 e. The van der Waals surface area contributed by atoms with Gasteiger partial charge in [0.05, 0.1) is 5.56 Å². The summed E-state index contributed by atoms with van der Waals surface area (Å²) in [6, 6.07) is 7.49. The molecular formula is C14H20N2O. The maximum atomic E-state index is 12.0. The Kier molecular flexibility index (Phi) is 3.09. The molecule has 0 radical (unpaired) electrons. The van der Waals surface area contributed by atoms with Crippen molar-refractivity contribution in [1.29, 1.82) is 0 Å². The van der Waals surface area contributed by atoms with Gasteiger partial charge in [-0.05, 0) is 36.8 Å². The molecule has 1 fully saturated rings. The molecule has 1 amide bonds. The van der Waals surface area contributed by atoms with E-state index in [1.54, 1.807) is 12.1 Å². The molecular weight excluding hydrogens is 212 g/mol. The van der Waals surface area contributed by atoms with Crippen molar-refractivity contribution in [2.24, 2.45) is 5.41 Å². The van der Waals surface area contributed by atoms with Crippen LogP contribution in [-0.2, 0) is 0 Å². The third-order valence-corrected chi connectivity index (χ3v) is 3.51. The highest BCUT2D eigenvalue weighted by molar-refractivity contribution is 5.99. The van der Waals surface area contributed by atoms with Crippen molar-refractivity contribution in [3.8, 4) is 0 Å². The lowest BCUT2D eigenvalue weighted by Gasteiger charge is -2.18. The molecule has 3 nitrogen and oxygen atoms in total. The highest BCUT2D eigenvalue weighted by Crippen LogP contribution is 2.37. The highest BCUT2D eigenvalue weighted by Gasteiger charge is 2.31. The van der Waals surface area contributed by atoms with Crippen LogP contribution in [0.25, 0.3) is 0 Å². The van der Waals surface area contributed by atoms with E-state index in [1.165, 1.54) is 6.42 Å². The van der Waals surface area contributed by atoms with Crippen LogP contribution in [0.3, 0.4) is 0 Å². The molecule has 1 unspecified atom stereocenters. The lowest BCUT2D eigenvalue weighted by Crippen LogP contribution is -2.33. The van der Waals surface area contributed by atoms with Crippen LogP contribution in [0.4, 0.5) is 5.69 Å². The molecule has 1 saturated carbocycles. The van der Waals surface area contributed by atoms with Crippen LogP contribution < -0.4 is 11.1 Å². The molecule has 3 heteroatoms. The molecule has 1 aromatic rings. The molecule has 1 aliphatic rings. The molecule has 0 aromatic heterocycles. The summed E-state index contributed by atoms with van der Waals surface area (Å²) in [5.74, 6) is -0.0502. The first kappa shape index (κ1) is 12.0. The smallest absolute Gasteiger partial charge is 0.253 e. The first-order valence-electron chi connectivity index (χ1n) is 6.13. The molecule has 0 bridgehead atoms. The van der Waals surface area contributed by atoms with Gasteiger partial charge in [0, 0.05) is 11.7 Å². The second-order valence-corrected chi connectivity index (χ2v) is 5.66. The summed E-state index contributed by atoms with van der Waals surface area (Å²) < 4.78 is 0. The zero-order chi connectivity index (χ0) is 12.5. The number of amides is 1. The fourth-order valence-electron chi connectivity index (χ4n) is 2.53. The number of benzene rings is 1. The Hall–Kier alpha value is -1.51. The van der Waals surface area contributed by atoms with Crippen molar-refractivity contribution in [2.75, 3.05) is 5.73 Å². The fourth-order valence-corrected chi connectivity index (χ4v) is 2.53. The Balaban J connectivity index is 2.01. The van der Waals surface area contributed by atoms with Crippen LogP contribution in [0.1, 0.15) is 43.5 Å². The Morgan fingerprint density at radius 1 is 1.41 bits per heavy atom. The van der Waals surface area contributed by atoms with Crippen molar-refractivity contribution in [3.63, 3.8) is 0 Å². The minimum absolute atomic E-state index is 0.0502. The van der Waals surface area contributed by atoms with E-state index in [2.05, 4.69) is 19.2 Å². The number of anilines is 1. The zero-order valence-corrected chi connectivity index (χ0v) is 10.5. The average molecular weight is 232 g/mol. The summed E-state index contributed by atoms with van der Waals surface area (Å²) in [6.45, 7) is 4.49. The van der Waals surface area contributed by atoms with E-state index in [9.17, 15) is 4.79 Å². The standard InChI is InChI=1S/C14H20N2O/c1-14(2)8-7-10(9-14)16-13(17)11-5-3-4-6-12(11)15/h3-6,10H,7-9,15H2,1-2H3,(H,16,17). The number of rotatable bonds is 2. The third-order valence-electron chi connectivity index (χ3n) is 3.51. The number of hydrogen-bond acceptors (Lipinski definition) is 2. The molecule has 92 valence electrons. The van der Waals surface area contributed by atoms with Gasteiger partial charge in [0.25, 0.3) is 5.91 Å². The van der Waals surface area contributed by atoms with Crippen molar-refractivity contribution >= 4 is 11.6 Å². The molecule has 0 saturated heterocycles. The Morgan fingerprint density at radius 2 is 2.12 bits per heavy atom. The molecule has 1 atom stereocenters. The van der Waals surface area contributed by atoms with Gasteiger partial charge < -0.3 is 11.1 Å². The van der Waals surface area contributed by atoms with Gasteiger partial charge in [-0.2, -0.15) is 0 Å². The molecule has 0 spiro atoms. The number of carbonyl (C=O) groups excluding carboxylic acids is 1. The van der Waals surface area contributed by atoms with Crippen LogP contribution in [0.2, 0.25) is 0 Å². The maximum absolute atomic E-state index is 12.0. The summed E-state index contributed by atoms with van der Waals surface area (Å²) >= 11 is 0. The highest BCUT2D eigenvalue weighted by atomic mass is 16.1. The first-order chi connectivity index (χ1) is 7.98. The molecule has 0 heterocycles. The van der Waals surface area contributed by atoms with E-state index in [1.807, 2.05) is 12.1 Å². The number of hydrogen-bond donors (Lipinski definition) is 2. The van der Waals surface area contributed by atoms with Gasteiger partial charge in [-0.25, -0.2) is 0 Å². The van der Waals surface area contributed by atoms with E-state index < -0.39 is 0 Å². The van der Waals surface area contributed by atoms with Crippen molar-refractivity contribution in [1.82, 2.24) is 5.32 Å². The normalized spacial score (nSPS) is 22.4. The predicted molar refractivity (Wildman–Crippen MR) is 69.7 cm³/mol. The van der Waals surface area contributed by atoms with Gasteiger partial charge >= 0.3 is 0 Å². The van der Waals surface area contributed by atoms with Crippen LogP contribution in [0.15, 0.2) is 24.3 Å². The number of nitrogens with two attached hydrogens (primary N) is 1.